The van der Waals surface area contributed by atoms with E-state index < -0.39 is 29.3 Å². The van der Waals surface area contributed by atoms with Gasteiger partial charge in [0, 0.05) is 23.1 Å². The first-order chi connectivity index (χ1) is 13.9. The van der Waals surface area contributed by atoms with Gasteiger partial charge < -0.3 is 14.9 Å². The maximum atomic E-state index is 14.0. The molecule has 1 heterocycles. The first kappa shape index (κ1) is 19.1. The van der Waals surface area contributed by atoms with Crippen LogP contribution < -0.4 is 4.74 Å². The standard InChI is InChI=1S/C23H18F2O4/c24-16-10-18(21(23(27)28)19(25)11-16)14-6-7-17-20(9-14)29-12-15(22(17)26)8-13-4-2-1-3-5-13/h1-7,9-11,15,22,26H,8,12H2,(H,27,28)/t15-,22+/m0/s1. The van der Waals surface area contributed by atoms with Crippen LogP contribution >= 0.6 is 0 Å². The molecule has 2 N–H and O–H groups in total. The third-order valence-corrected chi connectivity index (χ3v) is 5.15. The van der Waals surface area contributed by atoms with Gasteiger partial charge in [0.2, 0.25) is 0 Å². The lowest BCUT2D eigenvalue weighted by atomic mass is 9.87. The summed E-state index contributed by atoms with van der Waals surface area (Å²) in [5, 5.41) is 20.1. The van der Waals surface area contributed by atoms with E-state index in [9.17, 15) is 23.8 Å². The van der Waals surface area contributed by atoms with E-state index in [4.69, 9.17) is 4.74 Å². The molecule has 0 radical (unpaired) electrons. The Hall–Kier alpha value is -3.25. The summed E-state index contributed by atoms with van der Waals surface area (Å²) < 4.78 is 33.5. The van der Waals surface area contributed by atoms with Crippen molar-refractivity contribution in [3.05, 3.63) is 89.0 Å². The van der Waals surface area contributed by atoms with E-state index in [-0.39, 0.29) is 18.1 Å². The number of benzene rings is 3. The molecule has 2 atom stereocenters. The van der Waals surface area contributed by atoms with Gasteiger partial charge in [0.1, 0.15) is 22.9 Å². The van der Waals surface area contributed by atoms with Gasteiger partial charge in [0.25, 0.3) is 0 Å². The number of ether oxygens (including phenoxy) is 1. The van der Waals surface area contributed by atoms with Crippen molar-refractivity contribution in [2.75, 3.05) is 6.61 Å². The number of aliphatic hydroxyl groups excluding tert-OH is 1. The van der Waals surface area contributed by atoms with E-state index in [2.05, 4.69) is 0 Å². The number of carbonyl (C=O) groups is 1. The predicted octanol–water partition coefficient (Wildman–Crippen LogP) is 4.61. The molecule has 6 heteroatoms. The Morgan fingerprint density at radius 3 is 2.55 bits per heavy atom. The van der Waals surface area contributed by atoms with Crippen LogP contribution in [-0.2, 0) is 6.42 Å². The molecular weight excluding hydrogens is 378 g/mol. The Bertz CT molecular complexity index is 1070. The van der Waals surface area contributed by atoms with Crippen molar-refractivity contribution in [3.8, 4) is 16.9 Å². The van der Waals surface area contributed by atoms with Gasteiger partial charge in [-0.3, -0.25) is 0 Å². The number of hydrogen-bond donors (Lipinski definition) is 2. The molecule has 4 rings (SSSR count). The molecule has 148 valence electrons. The number of hydrogen-bond acceptors (Lipinski definition) is 3. The molecule has 0 fully saturated rings. The minimum atomic E-state index is -1.49. The fourth-order valence-electron chi connectivity index (χ4n) is 3.72. The Labute approximate surface area is 166 Å². The summed E-state index contributed by atoms with van der Waals surface area (Å²) >= 11 is 0. The summed E-state index contributed by atoms with van der Waals surface area (Å²) in [6.45, 7) is 0.274. The first-order valence-electron chi connectivity index (χ1n) is 9.15. The van der Waals surface area contributed by atoms with Gasteiger partial charge in [0.15, 0.2) is 0 Å². The lowest BCUT2D eigenvalue weighted by molar-refractivity contribution is 0.0508. The third-order valence-electron chi connectivity index (χ3n) is 5.15. The van der Waals surface area contributed by atoms with Crippen LogP contribution in [0, 0.1) is 17.6 Å². The number of carboxylic acids is 1. The normalized spacial score (nSPS) is 18.0. The number of aromatic carboxylic acids is 1. The molecule has 0 aromatic heterocycles. The summed E-state index contributed by atoms with van der Waals surface area (Å²) in [5.41, 5.74) is 1.26. The van der Waals surface area contributed by atoms with E-state index in [1.807, 2.05) is 30.3 Å². The Balaban J connectivity index is 1.67. The predicted molar refractivity (Wildman–Crippen MR) is 103 cm³/mol. The van der Waals surface area contributed by atoms with Crippen LogP contribution in [0.5, 0.6) is 5.75 Å². The molecule has 3 aromatic rings. The van der Waals surface area contributed by atoms with Crippen molar-refractivity contribution in [3.63, 3.8) is 0 Å². The van der Waals surface area contributed by atoms with E-state index in [1.54, 1.807) is 6.07 Å². The van der Waals surface area contributed by atoms with Crippen LogP contribution in [0.1, 0.15) is 27.6 Å². The largest absolute Gasteiger partial charge is 0.493 e. The van der Waals surface area contributed by atoms with Gasteiger partial charge >= 0.3 is 5.97 Å². The smallest absolute Gasteiger partial charge is 0.339 e. The van der Waals surface area contributed by atoms with Gasteiger partial charge in [0.05, 0.1) is 12.7 Å². The zero-order valence-corrected chi connectivity index (χ0v) is 15.3. The number of halogens is 2. The average Bonchev–Trinajstić information content (AvgIpc) is 2.69. The van der Waals surface area contributed by atoms with Crippen LogP contribution in [0.15, 0.2) is 60.7 Å². The van der Waals surface area contributed by atoms with Crippen molar-refractivity contribution >= 4 is 5.97 Å². The van der Waals surface area contributed by atoms with Crippen LogP contribution in [0.25, 0.3) is 11.1 Å². The van der Waals surface area contributed by atoms with E-state index >= 15 is 0 Å². The molecule has 29 heavy (non-hydrogen) atoms. The van der Waals surface area contributed by atoms with Crippen LogP contribution in [0.2, 0.25) is 0 Å². The molecule has 1 aliphatic rings. The number of aliphatic hydroxyl groups is 1. The van der Waals surface area contributed by atoms with E-state index in [1.165, 1.54) is 12.1 Å². The summed E-state index contributed by atoms with van der Waals surface area (Å²) in [4.78, 5) is 11.5. The topological polar surface area (TPSA) is 66.8 Å². The van der Waals surface area contributed by atoms with E-state index in [0.29, 0.717) is 29.4 Å². The van der Waals surface area contributed by atoms with Gasteiger partial charge in [-0.25, -0.2) is 13.6 Å². The van der Waals surface area contributed by atoms with Gasteiger partial charge in [-0.15, -0.1) is 0 Å². The maximum absolute atomic E-state index is 14.0. The Morgan fingerprint density at radius 2 is 1.83 bits per heavy atom. The molecule has 1 aliphatic heterocycles. The summed E-state index contributed by atoms with van der Waals surface area (Å²) in [6.07, 6.45) is -0.127. The molecule has 0 amide bonds. The monoisotopic (exact) mass is 396 g/mol. The fourth-order valence-corrected chi connectivity index (χ4v) is 3.72. The highest BCUT2D eigenvalue weighted by atomic mass is 19.1. The lowest BCUT2D eigenvalue weighted by Gasteiger charge is -2.31. The highest BCUT2D eigenvalue weighted by molar-refractivity contribution is 5.96. The molecule has 0 saturated carbocycles. The minimum absolute atomic E-state index is 0.0812. The number of carboxylic acid groups (broad SMARTS) is 1. The highest BCUT2D eigenvalue weighted by Gasteiger charge is 2.30. The first-order valence-corrected chi connectivity index (χ1v) is 9.15. The summed E-state index contributed by atoms with van der Waals surface area (Å²) in [7, 11) is 0. The van der Waals surface area contributed by atoms with Crippen molar-refractivity contribution in [1.29, 1.82) is 0 Å². The average molecular weight is 396 g/mol. The van der Waals surface area contributed by atoms with Crippen molar-refractivity contribution < 1.29 is 28.5 Å². The second kappa shape index (κ2) is 7.64. The second-order valence-corrected chi connectivity index (χ2v) is 7.07. The minimum Gasteiger partial charge on any atom is -0.493 e. The molecule has 3 aromatic carbocycles. The van der Waals surface area contributed by atoms with Gasteiger partial charge in [-0.2, -0.15) is 0 Å². The molecule has 0 bridgehead atoms. The molecule has 4 nitrogen and oxygen atoms in total. The zero-order valence-electron chi connectivity index (χ0n) is 15.3. The number of rotatable bonds is 4. The fraction of sp³-hybridized carbons (Fsp3) is 0.174. The number of fused-ring (bicyclic) bond motifs is 1. The zero-order chi connectivity index (χ0) is 20.5. The summed E-state index contributed by atoms with van der Waals surface area (Å²) in [5.74, 6) is -3.27. The van der Waals surface area contributed by atoms with Crippen molar-refractivity contribution in [1.82, 2.24) is 0 Å². The molecular formula is C23H18F2O4. The molecule has 0 saturated heterocycles. The van der Waals surface area contributed by atoms with Gasteiger partial charge in [-0.1, -0.05) is 42.5 Å². The molecule has 0 unspecified atom stereocenters. The highest BCUT2D eigenvalue weighted by Crippen LogP contribution is 2.40. The van der Waals surface area contributed by atoms with Gasteiger partial charge in [-0.05, 0) is 29.7 Å². The SMILES string of the molecule is O=C(O)c1c(F)cc(F)cc1-c1ccc2c(c1)OC[C@H](Cc1ccccc1)[C@H]2O. The Kier molecular flexibility index (Phi) is 5.03. The quantitative estimate of drug-likeness (QED) is 0.676. The maximum Gasteiger partial charge on any atom is 0.339 e. The Morgan fingerprint density at radius 1 is 1.07 bits per heavy atom. The van der Waals surface area contributed by atoms with E-state index in [0.717, 1.165) is 11.6 Å². The van der Waals surface area contributed by atoms with Crippen LogP contribution in [0.4, 0.5) is 8.78 Å². The van der Waals surface area contributed by atoms with Crippen LogP contribution in [-0.4, -0.2) is 22.8 Å². The van der Waals surface area contributed by atoms with Crippen LogP contribution in [0.3, 0.4) is 0 Å². The second-order valence-electron chi connectivity index (χ2n) is 7.07. The van der Waals surface area contributed by atoms with Crippen molar-refractivity contribution in [2.45, 2.75) is 12.5 Å². The van der Waals surface area contributed by atoms with Crippen molar-refractivity contribution in [2.24, 2.45) is 5.92 Å². The summed E-state index contributed by atoms with van der Waals surface area (Å²) in [6, 6.07) is 15.9. The molecule has 0 spiro atoms. The lowest BCUT2D eigenvalue weighted by Crippen LogP contribution is -2.27. The molecule has 0 aliphatic carbocycles. The third kappa shape index (κ3) is 3.71.